The van der Waals surface area contributed by atoms with Crippen LogP contribution in [0.5, 0.6) is 11.5 Å². The first-order valence-corrected chi connectivity index (χ1v) is 5.82. The smallest absolute Gasteiger partial charge is 0.339 e. The molecule has 0 aliphatic rings. The number of nitrogens with zero attached hydrogens (tertiary/aromatic N) is 1. The van der Waals surface area contributed by atoms with Gasteiger partial charge in [0.2, 0.25) is 0 Å². The van der Waals surface area contributed by atoms with E-state index >= 15 is 0 Å². The third-order valence-corrected chi connectivity index (χ3v) is 2.23. The minimum absolute atomic E-state index is 0.0294. The number of rotatable bonds is 7. The average molecular weight is 269 g/mol. The Morgan fingerprint density at radius 3 is 2.53 bits per heavy atom. The predicted octanol–water partition coefficient (Wildman–Crippen LogP) is 2.48. The molecule has 0 amide bonds. The number of aromatic carboxylic acids is 1. The van der Waals surface area contributed by atoms with Gasteiger partial charge >= 0.3 is 5.97 Å². The van der Waals surface area contributed by atoms with Gasteiger partial charge in [-0.3, -0.25) is 10.1 Å². The number of carbonyl (C=O) groups is 1. The number of carboxylic acid groups (broad SMARTS) is 1. The van der Waals surface area contributed by atoms with Crippen molar-refractivity contribution in [2.45, 2.75) is 20.3 Å². The molecule has 0 heterocycles. The van der Waals surface area contributed by atoms with Crippen molar-refractivity contribution in [3.8, 4) is 11.5 Å². The predicted molar refractivity (Wildman–Crippen MR) is 67.0 cm³/mol. The topological polar surface area (TPSA) is 98.9 Å². The lowest BCUT2D eigenvalue weighted by atomic mass is 10.1. The van der Waals surface area contributed by atoms with Gasteiger partial charge in [-0.25, -0.2) is 4.79 Å². The van der Waals surface area contributed by atoms with Crippen LogP contribution >= 0.6 is 0 Å². The van der Waals surface area contributed by atoms with Crippen LogP contribution in [0.1, 0.15) is 30.6 Å². The Morgan fingerprint density at radius 2 is 2.05 bits per heavy atom. The summed E-state index contributed by atoms with van der Waals surface area (Å²) in [6.45, 7) is 4.12. The van der Waals surface area contributed by atoms with Gasteiger partial charge in [-0.15, -0.1) is 0 Å². The molecule has 1 aromatic rings. The van der Waals surface area contributed by atoms with E-state index < -0.39 is 10.9 Å². The maximum atomic E-state index is 11.2. The van der Waals surface area contributed by atoms with Crippen molar-refractivity contribution in [1.82, 2.24) is 0 Å². The van der Waals surface area contributed by atoms with Crippen molar-refractivity contribution in [3.63, 3.8) is 0 Å². The van der Waals surface area contributed by atoms with Crippen LogP contribution in [0.4, 0.5) is 5.69 Å². The van der Waals surface area contributed by atoms with E-state index in [2.05, 4.69) is 0 Å². The molecule has 0 aromatic heterocycles. The summed E-state index contributed by atoms with van der Waals surface area (Å²) in [5, 5.41) is 19.9. The highest BCUT2D eigenvalue weighted by Crippen LogP contribution is 2.36. The molecule has 1 aromatic carbocycles. The summed E-state index contributed by atoms with van der Waals surface area (Å²) in [5.41, 5.74) is -0.615. The molecular formula is C12H15NO6. The van der Waals surface area contributed by atoms with E-state index in [4.69, 9.17) is 14.6 Å². The van der Waals surface area contributed by atoms with Crippen LogP contribution in [0.3, 0.4) is 0 Å². The molecule has 0 radical (unpaired) electrons. The normalized spacial score (nSPS) is 10.0. The lowest BCUT2D eigenvalue weighted by molar-refractivity contribution is -0.385. The molecule has 7 nitrogen and oxygen atoms in total. The van der Waals surface area contributed by atoms with Crippen LogP contribution in [0.25, 0.3) is 0 Å². The van der Waals surface area contributed by atoms with Gasteiger partial charge in [-0.05, 0) is 13.3 Å². The van der Waals surface area contributed by atoms with E-state index in [9.17, 15) is 14.9 Å². The molecule has 0 atom stereocenters. The number of nitro groups is 1. The van der Waals surface area contributed by atoms with Gasteiger partial charge in [-0.1, -0.05) is 6.92 Å². The number of hydrogen-bond acceptors (Lipinski definition) is 5. The second-order valence-corrected chi connectivity index (χ2v) is 3.66. The van der Waals surface area contributed by atoms with Gasteiger partial charge in [0.25, 0.3) is 5.69 Å². The summed E-state index contributed by atoms with van der Waals surface area (Å²) in [7, 11) is 0. The SMILES string of the molecule is CCCOc1c(OCC)cc([N+](=O)[O-])cc1C(=O)O. The summed E-state index contributed by atoms with van der Waals surface area (Å²) in [5.74, 6) is -1.19. The zero-order chi connectivity index (χ0) is 14.4. The molecule has 0 aliphatic heterocycles. The van der Waals surface area contributed by atoms with Gasteiger partial charge < -0.3 is 14.6 Å². The lowest BCUT2D eigenvalue weighted by Crippen LogP contribution is -2.08. The summed E-state index contributed by atoms with van der Waals surface area (Å²) >= 11 is 0. The van der Waals surface area contributed by atoms with Crippen molar-refractivity contribution in [2.75, 3.05) is 13.2 Å². The molecule has 1 N–H and O–H groups in total. The number of hydrogen-bond donors (Lipinski definition) is 1. The molecule has 0 saturated carbocycles. The molecule has 7 heteroatoms. The fourth-order valence-corrected chi connectivity index (χ4v) is 1.47. The number of non-ortho nitro benzene ring substituents is 1. The fourth-order valence-electron chi connectivity index (χ4n) is 1.47. The molecule has 1 rings (SSSR count). The Bertz CT molecular complexity index is 485. The van der Waals surface area contributed by atoms with Crippen molar-refractivity contribution in [1.29, 1.82) is 0 Å². The fraction of sp³-hybridized carbons (Fsp3) is 0.417. The van der Waals surface area contributed by atoms with Gasteiger partial charge in [0.05, 0.1) is 24.2 Å². The first kappa shape index (κ1) is 14.7. The van der Waals surface area contributed by atoms with Crippen molar-refractivity contribution >= 4 is 11.7 Å². The van der Waals surface area contributed by atoms with Crippen LogP contribution < -0.4 is 9.47 Å². The molecule has 0 aliphatic carbocycles. The molecule has 0 unspecified atom stereocenters. The summed E-state index contributed by atoms with van der Waals surface area (Å²) < 4.78 is 10.6. The quantitative estimate of drug-likeness (QED) is 0.603. The van der Waals surface area contributed by atoms with Crippen molar-refractivity contribution in [3.05, 3.63) is 27.8 Å². The van der Waals surface area contributed by atoms with Crippen LogP contribution in [0, 0.1) is 10.1 Å². The van der Waals surface area contributed by atoms with Crippen LogP contribution in [-0.2, 0) is 0 Å². The molecule has 104 valence electrons. The molecule has 0 saturated heterocycles. The summed E-state index contributed by atoms with van der Waals surface area (Å²) in [6, 6.07) is 2.14. The standard InChI is InChI=1S/C12H15NO6/c1-3-5-19-11-9(12(14)15)6-8(13(16)17)7-10(11)18-4-2/h6-7H,3-5H2,1-2H3,(H,14,15). The van der Waals surface area contributed by atoms with Gasteiger partial charge in [-0.2, -0.15) is 0 Å². The highest BCUT2D eigenvalue weighted by molar-refractivity contribution is 5.93. The Balaban J connectivity index is 3.36. The lowest BCUT2D eigenvalue weighted by Gasteiger charge is -2.13. The summed E-state index contributed by atoms with van der Waals surface area (Å²) in [6.07, 6.45) is 0.682. The molecule has 0 spiro atoms. The highest BCUT2D eigenvalue weighted by Gasteiger charge is 2.23. The minimum atomic E-state index is -1.30. The van der Waals surface area contributed by atoms with Gasteiger partial charge in [0.15, 0.2) is 11.5 Å². The van der Waals surface area contributed by atoms with Crippen LogP contribution in [0.2, 0.25) is 0 Å². The maximum Gasteiger partial charge on any atom is 0.339 e. The third kappa shape index (κ3) is 3.57. The van der Waals surface area contributed by atoms with E-state index in [1.165, 1.54) is 6.07 Å². The monoisotopic (exact) mass is 269 g/mol. The van der Waals surface area contributed by atoms with E-state index in [-0.39, 0.29) is 29.4 Å². The zero-order valence-corrected chi connectivity index (χ0v) is 10.7. The van der Waals surface area contributed by atoms with Crippen LogP contribution in [0.15, 0.2) is 12.1 Å². The van der Waals surface area contributed by atoms with E-state index in [1.54, 1.807) is 6.92 Å². The summed E-state index contributed by atoms with van der Waals surface area (Å²) in [4.78, 5) is 21.3. The largest absolute Gasteiger partial charge is 0.490 e. The van der Waals surface area contributed by atoms with E-state index in [0.717, 1.165) is 6.07 Å². The zero-order valence-electron chi connectivity index (χ0n) is 10.7. The van der Waals surface area contributed by atoms with E-state index in [0.29, 0.717) is 13.0 Å². The van der Waals surface area contributed by atoms with Crippen molar-refractivity contribution in [2.24, 2.45) is 0 Å². The minimum Gasteiger partial charge on any atom is -0.490 e. The molecule has 0 fully saturated rings. The number of benzene rings is 1. The first-order valence-electron chi connectivity index (χ1n) is 5.82. The third-order valence-electron chi connectivity index (χ3n) is 2.23. The Hall–Kier alpha value is -2.31. The number of ether oxygens (including phenoxy) is 2. The number of nitro benzene ring substituents is 1. The van der Waals surface area contributed by atoms with Crippen LogP contribution in [-0.4, -0.2) is 29.2 Å². The first-order chi connectivity index (χ1) is 9.01. The average Bonchev–Trinajstić information content (AvgIpc) is 2.36. The maximum absolute atomic E-state index is 11.2. The Kier molecular flexibility index (Phi) is 5.11. The highest BCUT2D eigenvalue weighted by atomic mass is 16.6. The second-order valence-electron chi connectivity index (χ2n) is 3.66. The molecule has 0 bridgehead atoms. The Labute approximate surface area is 109 Å². The second kappa shape index (κ2) is 6.58. The van der Waals surface area contributed by atoms with Crippen molar-refractivity contribution < 1.29 is 24.3 Å². The van der Waals surface area contributed by atoms with Gasteiger partial charge in [0.1, 0.15) is 5.56 Å². The van der Waals surface area contributed by atoms with Gasteiger partial charge in [0, 0.05) is 6.07 Å². The number of carboxylic acids is 1. The molecule has 19 heavy (non-hydrogen) atoms. The Morgan fingerprint density at radius 1 is 1.37 bits per heavy atom. The molecular weight excluding hydrogens is 254 g/mol. The van der Waals surface area contributed by atoms with E-state index in [1.807, 2.05) is 6.92 Å².